The summed E-state index contributed by atoms with van der Waals surface area (Å²) >= 11 is 0. The molecular weight excluding hydrogens is 711 g/mol. The number of allylic oxidation sites excluding steroid dienone is 4. The van der Waals surface area contributed by atoms with E-state index in [-0.39, 0.29) is 43.8 Å². The molecule has 3 aromatic rings. The number of benzene rings is 3. The van der Waals surface area contributed by atoms with E-state index in [2.05, 4.69) is 13.0 Å². The fourth-order valence-corrected chi connectivity index (χ4v) is 5.31. The molecule has 3 atom stereocenters. The molecule has 292 valence electrons. The minimum Gasteiger partial charge on any atom is -0.490 e. The monoisotopic (exact) mass is 760 g/mol. The summed E-state index contributed by atoms with van der Waals surface area (Å²) in [7, 11) is 0. The van der Waals surface area contributed by atoms with E-state index >= 15 is 0 Å². The van der Waals surface area contributed by atoms with Gasteiger partial charge in [-0.25, -0.2) is 4.79 Å². The molecule has 3 unspecified atom stereocenters. The van der Waals surface area contributed by atoms with Crippen LogP contribution in [0.1, 0.15) is 65.8 Å². The minimum absolute atomic E-state index is 0.0438. The van der Waals surface area contributed by atoms with E-state index in [0.717, 1.165) is 30.8 Å². The van der Waals surface area contributed by atoms with Gasteiger partial charge in [-0.2, -0.15) is 0 Å². The van der Waals surface area contributed by atoms with Crippen molar-refractivity contribution >= 4 is 36.9 Å². The minimum atomic E-state index is -0.819. The average molecular weight is 761 g/mol. The number of hydrogen-bond acceptors (Lipinski definition) is 10. The molecule has 10 nitrogen and oxygen atoms in total. The Kier molecular flexibility index (Phi) is 17.8. The third-order valence-electron chi connectivity index (χ3n) is 8.79. The Morgan fingerprint density at radius 3 is 2.20 bits per heavy atom. The molecule has 0 radical (unpaired) electrons. The molecule has 0 N–H and O–H groups in total. The van der Waals surface area contributed by atoms with Gasteiger partial charge in [0.2, 0.25) is 0 Å². The molecule has 0 heterocycles. The summed E-state index contributed by atoms with van der Waals surface area (Å²) in [6.45, 7) is 13.3. The Morgan fingerprint density at radius 2 is 1.50 bits per heavy atom. The van der Waals surface area contributed by atoms with Crippen LogP contribution in [0.3, 0.4) is 0 Å². The van der Waals surface area contributed by atoms with Gasteiger partial charge in [0.15, 0.2) is 5.78 Å². The van der Waals surface area contributed by atoms with Crippen molar-refractivity contribution in [3.05, 3.63) is 144 Å². The maximum absolute atomic E-state index is 13.0. The Hall–Kier alpha value is -5.81. The first kappa shape index (κ1) is 42.9. The van der Waals surface area contributed by atoms with Crippen LogP contribution in [-0.2, 0) is 28.5 Å². The Labute approximate surface area is 329 Å². The molecule has 0 saturated carbocycles. The first-order valence-corrected chi connectivity index (χ1v) is 18.7. The summed E-state index contributed by atoms with van der Waals surface area (Å²) in [4.78, 5) is 51.2. The maximum atomic E-state index is 13.0. The zero-order valence-electron chi connectivity index (χ0n) is 32.1. The molecule has 11 heteroatoms. The van der Waals surface area contributed by atoms with Gasteiger partial charge in [0, 0.05) is 16.7 Å². The molecule has 0 bridgehead atoms. The molecule has 0 spiro atoms. The molecule has 0 fully saturated rings. The standard InChI is InChI=1S/C45H49BO10/c1-5-32(3)45(50)55-30-40(29-53-38-22-20-35(21-23-38)43(48)33-14-9-7-10-15-33)52-25-24-42(47)56-41(28-51-27-37(6-2)46-4)31-54-39-19-13-18-36(26-39)44(49)34-16-11-8-12-17-34/h7-11,13-16,18-26,37,40-41H,3-6,12,17,27-31H2,1-2H3. The number of ether oxygens (including phenoxy) is 6. The quantitative estimate of drug-likeness (QED) is 0.0298. The van der Waals surface area contributed by atoms with Gasteiger partial charge in [0.1, 0.15) is 5.75 Å². The number of esters is 2. The predicted octanol–water partition coefficient (Wildman–Crippen LogP) is 7.51. The second kappa shape index (κ2) is 23.2. The van der Waals surface area contributed by atoms with Gasteiger partial charge in [0.05, 0.1) is 0 Å². The van der Waals surface area contributed by atoms with E-state index in [4.69, 9.17) is 28.4 Å². The van der Waals surface area contributed by atoms with E-state index < -0.39 is 24.1 Å². The third-order valence-corrected chi connectivity index (χ3v) is 8.79. The van der Waals surface area contributed by atoms with Crippen molar-refractivity contribution in [2.75, 3.05) is 33.0 Å². The first-order chi connectivity index (χ1) is 27.2. The Morgan fingerprint density at radius 1 is 0.786 bits per heavy atom. The summed E-state index contributed by atoms with van der Waals surface area (Å²) in [5, 5.41) is 0. The van der Waals surface area contributed by atoms with Gasteiger partial charge in [-0.05, 0) is 43.5 Å². The molecule has 4 rings (SSSR count). The van der Waals surface area contributed by atoms with Crippen LogP contribution in [0.25, 0.3) is 0 Å². The van der Waals surface area contributed by atoms with Gasteiger partial charge < -0.3 is 9.47 Å². The van der Waals surface area contributed by atoms with Crippen LogP contribution in [0, 0.1) is 0 Å². The van der Waals surface area contributed by atoms with Crippen molar-refractivity contribution in [2.24, 2.45) is 0 Å². The van der Waals surface area contributed by atoms with Crippen molar-refractivity contribution in [3.63, 3.8) is 0 Å². The van der Waals surface area contributed by atoms with Crippen molar-refractivity contribution in [2.45, 2.75) is 57.6 Å². The van der Waals surface area contributed by atoms with Crippen molar-refractivity contribution in [3.8, 4) is 11.5 Å². The number of carbonyl (C=O) groups is 4. The van der Waals surface area contributed by atoms with Gasteiger partial charge in [-0.15, -0.1) is 0 Å². The number of hydrogen-bond donors (Lipinski definition) is 0. The van der Waals surface area contributed by atoms with Crippen LogP contribution < -0.4 is 9.47 Å². The van der Waals surface area contributed by atoms with Gasteiger partial charge in [-0.3, -0.25) is 4.79 Å². The molecule has 0 aliphatic heterocycles. The molecule has 3 aromatic carbocycles. The second-order valence-corrected chi connectivity index (χ2v) is 13.0. The molecule has 1 aliphatic carbocycles. The average Bonchev–Trinajstić information content (AvgIpc) is 3.24. The van der Waals surface area contributed by atoms with Crippen LogP contribution in [0.4, 0.5) is 0 Å². The summed E-state index contributed by atoms with van der Waals surface area (Å²) in [5.74, 6) is -0.449. The van der Waals surface area contributed by atoms with Crippen molar-refractivity contribution in [1.82, 2.24) is 0 Å². The Bertz CT molecular complexity index is 1880. The number of rotatable bonds is 24. The summed E-state index contributed by atoms with van der Waals surface area (Å²) in [6.07, 6.45) is 9.10. The van der Waals surface area contributed by atoms with Gasteiger partial charge >= 0.3 is 178 Å². The number of ketones is 2. The summed E-state index contributed by atoms with van der Waals surface area (Å²) < 4.78 is 34.6. The van der Waals surface area contributed by atoms with Crippen molar-refractivity contribution < 1.29 is 47.6 Å². The first-order valence-electron chi connectivity index (χ1n) is 18.7. The summed E-state index contributed by atoms with van der Waals surface area (Å²) in [5.41, 5.74) is 2.61. The van der Waals surface area contributed by atoms with Crippen LogP contribution in [0.5, 0.6) is 11.5 Å². The van der Waals surface area contributed by atoms with E-state index in [0.29, 0.717) is 53.2 Å². The molecule has 1 aliphatic rings. The fraction of sp³-hybridized carbons (Fsp3) is 0.311. The molecular formula is C45H49BO10. The smallest absolute Gasteiger partial charge is 0.490 e. The molecule has 0 amide bonds. The van der Waals surface area contributed by atoms with Crippen LogP contribution in [0.15, 0.2) is 127 Å². The van der Waals surface area contributed by atoms with Crippen LogP contribution in [0.2, 0.25) is 5.82 Å². The van der Waals surface area contributed by atoms with Crippen LogP contribution in [-0.4, -0.2) is 82.1 Å². The van der Waals surface area contributed by atoms with Crippen molar-refractivity contribution in [1.29, 1.82) is 0 Å². The topological polar surface area (TPSA) is 124 Å². The van der Waals surface area contributed by atoms with E-state index in [9.17, 15) is 19.2 Å². The second-order valence-electron chi connectivity index (χ2n) is 13.0. The van der Waals surface area contributed by atoms with E-state index in [1.807, 2.05) is 38.1 Å². The van der Waals surface area contributed by atoms with Crippen LogP contribution >= 0.6 is 0 Å². The fourth-order valence-electron chi connectivity index (χ4n) is 5.31. The third kappa shape index (κ3) is 14.1. The normalized spacial score (nSPS) is 13.7. The van der Waals surface area contributed by atoms with Gasteiger partial charge in [-0.1, -0.05) is 62.1 Å². The van der Waals surface area contributed by atoms with Gasteiger partial charge in [0.25, 0.3) is 0 Å². The predicted molar refractivity (Wildman–Crippen MR) is 217 cm³/mol. The summed E-state index contributed by atoms with van der Waals surface area (Å²) in [6, 6.07) is 22.5. The molecule has 0 saturated heterocycles. The van der Waals surface area contributed by atoms with E-state index in [1.165, 1.54) is 0 Å². The number of Topliss-reactive ketones (excluding diaryl/α,β-unsaturated/α-hetero) is 1. The zero-order valence-corrected chi connectivity index (χ0v) is 32.1. The van der Waals surface area contributed by atoms with E-state index in [1.54, 1.807) is 79.7 Å². The molecule has 0 aromatic heterocycles. The Balaban J connectivity index is 1.37. The zero-order chi connectivity index (χ0) is 40.1. The SMILES string of the molecule is C=BC(CC)COCC(COc1cccc(C(=O)C2=CC=CCC2)c1)OC(=O)C=COC(COC(=O)C(=C)CC)COc1ccc(C(=O)c2ccccc2)cc1. The molecule has 56 heavy (non-hydrogen) atoms. The number of carbonyl (C=O) groups excluding carboxylic acids is 4.